The van der Waals surface area contributed by atoms with E-state index < -0.39 is 23.7 Å². The number of hydrogen-bond acceptors (Lipinski definition) is 4. The molecule has 1 N–H and O–H groups in total. The van der Waals surface area contributed by atoms with Gasteiger partial charge < -0.3 is 14.6 Å². The lowest BCUT2D eigenvalue weighted by atomic mass is 9.98. The molecule has 2 aromatic rings. The third kappa shape index (κ3) is 5.31. The Morgan fingerprint density at radius 1 is 1.15 bits per heavy atom. The first-order chi connectivity index (χ1) is 12.4. The minimum atomic E-state index is -0.971. The van der Waals surface area contributed by atoms with E-state index in [1.165, 1.54) is 26.2 Å². The second kappa shape index (κ2) is 8.99. The summed E-state index contributed by atoms with van der Waals surface area (Å²) in [4.78, 5) is 23.0. The van der Waals surface area contributed by atoms with Crippen molar-refractivity contribution >= 4 is 11.9 Å². The Balaban J connectivity index is 2.06. The molecule has 0 saturated heterocycles. The van der Waals surface area contributed by atoms with Crippen LogP contribution in [0.25, 0.3) is 0 Å². The Kier molecular flexibility index (Phi) is 6.72. The molecule has 0 aliphatic carbocycles. The van der Waals surface area contributed by atoms with Crippen LogP contribution in [0.15, 0.2) is 42.5 Å². The summed E-state index contributed by atoms with van der Waals surface area (Å²) in [6.45, 7) is 1.65. The molecule has 0 saturated carbocycles. The van der Waals surface area contributed by atoms with Crippen molar-refractivity contribution in [3.63, 3.8) is 0 Å². The number of halogens is 1. The number of aliphatic carboxylic acids is 1. The zero-order chi connectivity index (χ0) is 19.1. The molecule has 1 unspecified atom stereocenters. The van der Waals surface area contributed by atoms with E-state index in [-0.39, 0.29) is 25.0 Å². The number of carboxylic acid groups (broad SMARTS) is 1. The average Bonchev–Trinajstić information content (AvgIpc) is 2.62. The highest BCUT2D eigenvalue weighted by Gasteiger charge is 2.18. The Hall–Kier alpha value is -2.89. The van der Waals surface area contributed by atoms with E-state index in [0.29, 0.717) is 11.3 Å². The van der Waals surface area contributed by atoms with E-state index in [0.717, 1.165) is 5.56 Å². The van der Waals surface area contributed by atoms with Crippen LogP contribution < -0.4 is 4.74 Å². The van der Waals surface area contributed by atoms with E-state index in [1.807, 2.05) is 30.3 Å². The first-order valence-corrected chi connectivity index (χ1v) is 8.18. The molecule has 0 amide bonds. The fourth-order valence-electron chi connectivity index (χ4n) is 2.48. The van der Waals surface area contributed by atoms with Gasteiger partial charge in [0.15, 0.2) is 0 Å². The van der Waals surface area contributed by atoms with E-state index >= 15 is 0 Å². The molecule has 0 heterocycles. The van der Waals surface area contributed by atoms with Gasteiger partial charge in [0.1, 0.15) is 18.2 Å². The van der Waals surface area contributed by atoms with Crippen LogP contribution in [0.5, 0.6) is 5.75 Å². The Labute approximate surface area is 151 Å². The van der Waals surface area contributed by atoms with Crippen LogP contribution in [0.3, 0.4) is 0 Å². The van der Waals surface area contributed by atoms with Crippen molar-refractivity contribution in [2.24, 2.45) is 5.92 Å². The van der Waals surface area contributed by atoms with Crippen molar-refractivity contribution in [3.05, 3.63) is 65.0 Å². The molecular weight excluding hydrogens is 339 g/mol. The summed E-state index contributed by atoms with van der Waals surface area (Å²) in [7, 11) is 1.42. The number of carbonyl (C=O) groups is 2. The lowest BCUT2D eigenvalue weighted by Gasteiger charge is -2.14. The molecule has 0 radical (unpaired) electrons. The van der Waals surface area contributed by atoms with Gasteiger partial charge in [-0.15, -0.1) is 0 Å². The number of hydrogen-bond donors (Lipinski definition) is 1. The van der Waals surface area contributed by atoms with Crippen LogP contribution in [0.4, 0.5) is 4.39 Å². The molecule has 2 rings (SSSR count). The first kappa shape index (κ1) is 19.4. The number of carboxylic acids is 1. The largest absolute Gasteiger partial charge is 0.496 e. The predicted octanol–water partition coefficient (Wildman–Crippen LogP) is 3.38. The van der Waals surface area contributed by atoms with Crippen LogP contribution >= 0.6 is 0 Å². The molecule has 0 fully saturated rings. The molecule has 138 valence electrons. The zero-order valence-electron chi connectivity index (χ0n) is 14.7. The second-order valence-electron chi connectivity index (χ2n) is 6.02. The second-order valence-corrected chi connectivity index (χ2v) is 6.02. The molecular formula is C20H21FO5. The molecule has 0 bridgehead atoms. The summed E-state index contributed by atoms with van der Waals surface area (Å²) >= 11 is 0. The summed E-state index contributed by atoms with van der Waals surface area (Å²) in [5.74, 6) is -2.44. The normalized spacial score (nSPS) is 11.7. The highest BCUT2D eigenvalue weighted by molar-refractivity contribution is 5.73. The number of benzene rings is 2. The van der Waals surface area contributed by atoms with Gasteiger partial charge >= 0.3 is 11.9 Å². The molecule has 2 aromatic carbocycles. The van der Waals surface area contributed by atoms with Crippen molar-refractivity contribution in [2.45, 2.75) is 26.4 Å². The van der Waals surface area contributed by atoms with Crippen molar-refractivity contribution in [1.29, 1.82) is 0 Å². The minimum absolute atomic E-state index is 0.118. The standard InChI is InChI=1S/C20H21FO5/c1-13(20(23)24)8-16-9-17(21)15(10-18(16)25-2)11-19(22)26-12-14-6-4-3-5-7-14/h3-7,9-10,13H,8,11-12H2,1-2H3,(H,23,24). The maximum absolute atomic E-state index is 14.3. The van der Waals surface area contributed by atoms with Crippen LogP contribution in [0.1, 0.15) is 23.6 Å². The van der Waals surface area contributed by atoms with Crippen molar-refractivity contribution < 1.29 is 28.6 Å². The Morgan fingerprint density at radius 2 is 1.85 bits per heavy atom. The van der Waals surface area contributed by atoms with Gasteiger partial charge in [-0.2, -0.15) is 0 Å². The highest BCUT2D eigenvalue weighted by atomic mass is 19.1. The van der Waals surface area contributed by atoms with Gasteiger partial charge in [-0.25, -0.2) is 4.39 Å². The SMILES string of the molecule is COc1cc(CC(=O)OCc2ccccc2)c(F)cc1CC(C)C(=O)O. The molecule has 0 aliphatic heterocycles. The first-order valence-electron chi connectivity index (χ1n) is 8.18. The van der Waals surface area contributed by atoms with Crippen LogP contribution in [0.2, 0.25) is 0 Å². The van der Waals surface area contributed by atoms with Gasteiger partial charge in [-0.05, 0) is 29.7 Å². The molecule has 1 atom stereocenters. The maximum atomic E-state index is 14.3. The number of ether oxygens (including phenoxy) is 2. The third-order valence-corrected chi connectivity index (χ3v) is 3.97. The Bertz CT molecular complexity index is 773. The summed E-state index contributed by atoms with van der Waals surface area (Å²) in [6, 6.07) is 11.8. The van der Waals surface area contributed by atoms with E-state index in [9.17, 15) is 14.0 Å². The van der Waals surface area contributed by atoms with Crippen molar-refractivity contribution in [2.75, 3.05) is 7.11 Å². The summed E-state index contributed by atoms with van der Waals surface area (Å²) in [5, 5.41) is 9.01. The summed E-state index contributed by atoms with van der Waals surface area (Å²) < 4.78 is 24.7. The van der Waals surface area contributed by atoms with Crippen molar-refractivity contribution in [1.82, 2.24) is 0 Å². The zero-order valence-corrected chi connectivity index (χ0v) is 14.7. The summed E-state index contributed by atoms with van der Waals surface area (Å²) in [5.41, 5.74) is 1.44. The van der Waals surface area contributed by atoms with Gasteiger partial charge in [-0.3, -0.25) is 9.59 Å². The van der Waals surface area contributed by atoms with E-state index in [4.69, 9.17) is 14.6 Å². The highest BCUT2D eigenvalue weighted by Crippen LogP contribution is 2.26. The topological polar surface area (TPSA) is 72.8 Å². The van der Waals surface area contributed by atoms with Gasteiger partial charge in [0.25, 0.3) is 0 Å². The fourth-order valence-corrected chi connectivity index (χ4v) is 2.48. The fraction of sp³-hybridized carbons (Fsp3) is 0.300. The van der Waals surface area contributed by atoms with Gasteiger partial charge in [0.2, 0.25) is 0 Å². The maximum Gasteiger partial charge on any atom is 0.310 e. The quantitative estimate of drug-likeness (QED) is 0.731. The number of carbonyl (C=O) groups excluding carboxylic acids is 1. The number of methoxy groups -OCH3 is 1. The lowest BCUT2D eigenvalue weighted by Crippen LogP contribution is -2.14. The monoisotopic (exact) mass is 360 g/mol. The third-order valence-electron chi connectivity index (χ3n) is 3.97. The van der Waals surface area contributed by atoms with Crippen LogP contribution in [0, 0.1) is 11.7 Å². The molecule has 26 heavy (non-hydrogen) atoms. The van der Waals surface area contributed by atoms with Crippen molar-refractivity contribution in [3.8, 4) is 5.75 Å². The van der Waals surface area contributed by atoms with Crippen LogP contribution in [-0.4, -0.2) is 24.2 Å². The molecule has 5 nitrogen and oxygen atoms in total. The lowest BCUT2D eigenvalue weighted by molar-refractivity contribution is -0.144. The number of rotatable bonds is 8. The molecule has 0 spiro atoms. The molecule has 0 aliphatic rings. The minimum Gasteiger partial charge on any atom is -0.496 e. The van der Waals surface area contributed by atoms with Gasteiger partial charge in [0, 0.05) is 5.56 Å². The Morgan fingerprint density at radius 3 is 2.46 bits per heavy atom. The van der Waals surface area contributed by atoms with E-state index in [1.54, 1.807) is 0 Å². The summed E-state index contributed by atoms with van der Waals surface area (Å²) in [6.07, 6.45) is -0.0993. The predicted molar refractivity (Wildman–Crippen MR) is 93.4 cm³/mol. The number of esters is 1. The molecule has 0 aromatic heterocycles. The molecule has 6 heteroatoms. The van der Waals surface area contributed by atoms with E-state index in [2.05, 4.69) is 0 Å². The van der Waals surface area contributed by atoms with Gasteiger partial charge in [-0.1, -0.05) is 37.3 Å². The average molecular weight is 360 g/mol. The smallest absolute Gasteiger partial charge is 0.310 e. The van der Waals surface area contributed by atoms with Crippen LogP contribution in [-0.2, 0) is 33.8 Å². The van der Waals surface area contributed by atoms with Gasteiger partial charge in [0.05, 0.1) is 19.4 Å².